The highest BCUT2D eigenvalue weighted by Crippen LogP contribution is 2.38. The number of hydrogen-bond donors (Lipinski definition) is 1. The molecule has 0 fully saturated rings. The zero-order chi connectivity index (χ0) is 23.7. The van der Waals surface area contributed by atoms with Crippen molar-refractivity contribution in [3.8, 4) is 11.4 Å². The van der Waals surface area contributed by atoms with Crippen LogP contribution in [0.15, 0.2) is 89.1 Å². The number of allylic oxidation sites excluding steroid dienone is 1. The van der Waals surface area contributed by atoms with Crippen LogP contribution in [-0.4, -0.2) is 21.1 Å². The molecular weight excluding hydrogens is 471 g/mol. The van der Waals surface area contributed by atoms with E-state index in [1.54, 1.807) is 23.1 Å². The molecule has 0 aliphatic carbocycles. The van der Waals surface area contributed by atoms with Crippen LogP contribution in [0.1, 0.15) is 30.0 Å². The van der Waals surface area contributed by atoms with Crippen LogP contribution in [0.3, 0.4) is 0 Å². The van der Waals surface area contributed by atoms with E-state index in [0.29, 0.717) is 33.9 Å². The van der Waals surface area contributed by atoms with E-state index in [1.807, 2.05) is 67.6 Å². The third-order valence-corrected chi connectivity index (χ3v) is 6.21. The van der Waals surface area contributed by atoms with Crippen molar-refractivity contribution in [2.75, 3.05) is 0 Å². The molecular formula is C26H20Cl2N4O2. The van der Waals surface area contributed by atoms with Gasteiger partial charge in [0.15, 0.2) is 0 Å². The summed E-state index contributed by atoms with van der Waals surface area (Å²) in [4.78, 5) is 19.5. The first-order valence-electron chi connectivity index (χ1n) is 10.7. The van der Waals surface area contributed by atoms with E-state index in [2.05, 4.69) is 15.5 Å². The number of carbonyl (C=O) groups is 1. The summed E-state index contributed by atoms with van der Waals surface area (Å²) in [6, 6.07) is 23.7. The number of urea groups is 1. The van der Waals surface area contributed by atoms with Gasteiger partial charge in [-0.1, -0.05) is 70.8 Å². The zero-order valence-corrected chi connectivity index (χ0v) is 19.7. The average molecular weight is 491 g/mol. The molecule has 1 aliphatic heterocycles. The fraction of sp³-hybridized carbons (Fsp3) is 0.115. The Hall–Kier alpha value is -3.61. The van der Waals surface area contributed by atoms with Crippen LogP contribution in [0, 0.1) is 0 Å². The molecule has 8 heteroatoms. The number of nitrogens with zero attached hydrogens (tertiary/aromatic N) is 3. The molecule has 0 bridgehead atoms. The molecule has 0 saturated carbocycles. The van der Waals surface area contributed by atoms with Crippen molar-refractivity contribution in [1.29, 1.82) is 0 Å². The van der Waals surface area contributed by atoms with Crippen molar-refractivity contribution in [2.24, 2.45) is 0 Å². The largest absolute Gasteiger partial charge is 0.334 e. The molecule has 1 unspecified atom stereocenters. The molecule has 1 aromatic heterocycles. The molecule has 1 atom stereocenters. The van der Waals surface area contributed by atoms with E-state index in [-0.39, 0.29) is 6.03 Å². The van der Waals surface area contributed by atoms with Crippen LogP contribution in [0.4, 0.5) is 4.79 Å². The number of aromatic nitrogens is 2. The standard InChI is InChI=1S/C26H20Cl2N4O2/c1-16-22(25-30-24(31-34-25)18-10-12-20(27)13-11-18)23(19-8-5-9-21(28)14-19)29-26(33)32(16)15-17-6-3-2-4-7-17/h2-14,23H,15H2,1H3,(H,29,33). The predicted molar refractivity (Wildman–Crippen MR) is 132 cm³/mol. The lowest BCUT2D eigenvalue weighted by atomic mass is 9.94. The topological polar surface area (TPSA) is 71.3 Å². The van der Waals surface area contributed by atoms with Gasteiger partial charge in [0.05, 0.1) is 18.2 Å². The van der Waals surface area contributed by atoms with Crippen LogP contribution in [0.2, 0.25) is 10.0 Å². The van der Waals surface area contributed by atoms with Crippen molar-refractivity contribution >= 4 is 34.8 Å². The minimum absolute atomic E-state index is 0.215. The molecule has 2 amide bonds. The summed E-state index contributed by atoms with van der Waals surface area (Å²) in [5.74, 6) is 0.758. The van der Waals surface area contributed by atoms with Crippen LogP contribution < -0.4 is 5.32 Å². The molecule has 1 aliphatic rings. The number of halogens is 2. The Morgan fingerprint density at radius 2 is 1.74 bits per heavy atom. The summed E-state index contributed by atoms with van der Waals surface area (Å²) in [5, 5.41) is 8.47. The van der Waals surface area contributed by atoms with Gasteiger partial charge in [-0.2, -0.15) is 4.98 Å². The molecule has 6 nitrogen and oxygen atoms in total. The monoisotopic (exact) mass is 490 g/mol. The van der Waals surface area contributed by atoms with Crippen LogP contribution in [0.5, 0.6) is 0 Å². The van der Waals surface area contributed by atoms with Crippen molar-refractivity contribution in [1.82, 2.24) is 20.4 Å². The maximum atomic E-state index is 13.2. The Morgan fingerprint density at radius 1 is 0.971 bits per heavy atom. The zero-order valence-electron chi connectivity index (χ0n) is 18.2. The van der Waals surface area contributed by atoms with Crippen molar-refractivity contribution in [2.45, 2.75) is 19.5 Å². The van der Waals surface area contributed by atoms with E-state index >= 15 is 0 Å². The maximum Gasteiger partial charge on any atom is 0.322 e. The lowest BCUT2D eigenvalue weighted by molar-refractivity contribution is 0.203. The smallest absolute Gasteiger partial charge is 0.322 e. The first-order chi connectivity index (χ1) is 16.5. The summed E-state index contributed by atoms with van der Waals surface area (Å²) in [5.41, 5.74) is 4.04. The average Bonchev–Trinajstić information content (AvgIpc) is 3.32. The number of carbonyl (C=O) groups excluding carboxylic acids is 1. The number of amides is 2. The number of rotatable bonds is 5. The van der Waals surface area contributed by atoms with Crippen molar-refractivity contribution in [3.63, 3.8) is 0 Å². The summed E-state index contributed by atoms with van der Waals surface area (Å²) in [6.45, 7) is 2.29. The normalized spacial score (nSPS) is 16.0. The maximum absolute atomic E-state index is 13.2. The predicted octanol–water partition coefficient (Wildman–Crippen LogP) is 6.74. The second kappa shape index (κ2) is 9.33. The van der Waals surface area contributed by atoms with Gasteiger partial charge in [0.2, 0.25) is 5.82 Å². The minimum atomic E-state index is -0.503. The number of hydrogen-bond acceptors (Lipinski definition) is 4. The summed E-state index contributed by atoms with van der Waals surface area (Å²) < 4.78 is 5.71. The second-order valence-electron chi connectivity index (χ2n) is 7.94. The Balaban J connectivity index is 1.60. The molecule has 0 saturated heterocycles. The number of benzene rings is 3. The third kappa shape index (κ3) is 4.42. The van der Waals surface area contributed by atoms with Crippen LogP contribution in [-0.2, 0) is 6.54 Å². The Labute approximate surface area is 206 Å². The fourth-order valence-corrected chi connectivity index (χ4v) is 4.32. The van der Waals surface area contributed by atoms with Crippen molar-refractivity contribution < 1.29 is 9.32 Å². The quantitative estimate of drug-likeness (QED) is 0.336. The van der Waals surface area contributed by atoms with Gasteiger partial charge in [0.1, 0.15) is 0 Å². The molecule has 4 aromatic rings. The second-order valence-corrected chi connectivity index (χ2v) is 8.81. The van der Waals surface area contributed by atoms with Crippen LogP contribution in [0.25, 0.3) is 17.0 Å². The highest BCUT2D eigenvalue weighted by atomic mass is 35.5. The van der Waals surface area contributed by atoms with E-state index < -0.39 is 6.04 Å². The van der Waals surface area contributed by atoms with Gasteiger partial charge in [-0.3, -0.25) is 4.90 Å². The number of nitrogens with one attached hydrogen (secondary N) is 1. The van der Waals surface area contributed by atoms with E-state index in [1.165, 1.54) is 0 Å². The van der Waals surface area contributed by atoms with Gasteiger partial charge in [0.25, 0.3) is 5.89 Å². The fourth-order valence-electron chi connectivity index (χ4n) is 4.00. The van der Waals surface area contributed by atoms with Crippen molar-refractivity contribution in [3.05, 3.63) is 112 Å². The molecule has 0 spiro atoms. The van der Waals surface area contributed by atoms with Gasteiger partial charge in [-0.25, -0.2) is 4.79 Å². The Bertz CT molecular complexity index is 1370. The minimum Gasteiger partial charge on any atom is -0.334 e. The van der Waals surface area contributed by atoms with E-state index in [0.717, 1.165) is 22.4 Å². The molecule has 2 heterocycles. The first kappa shape index (κ1) is 22.2. The molecule has 1 N–H and O–H groups in total. The molecule has 0 radical (unpaired) electrons. The Morgan fingerprint density at radius 3 is 2.47 bits per heavy atom. The summed E-state index contributed by atoms with van der Waals surface area (Å²) >= 11 is 12.3. The van der Waals surface area contributed by atoms with E-state index in [4.69, 9.17) is 27.7 Å². The lowest BCUT2D eigenvalue weighted by Crippen LogP contribution is -2.45. The highest BCUT2D eigenvalue weighted by Gasteiger charge is 2.35. The van der Waals surface area contributed by atoms with Gasteiger partial charge < -0.3 is 9.84 Å². The SMILES string of the molecule is CC1=C(c2nc(-c3ccc(Cl)cc3)no2)C(c2cccc(Cl)c2)NC(=O)N1Cc1ccccc1. The summed E-state index contributed by atoms with van der Waals surface area (Å²) in [6.07, 6.45) is 0. The van der Waals surface area contributed by atoms with Gasteiger partial charge in [-0.05, 0) is 54.4 Å². The third-order valence-electron chi connectivity index (χ3n) is 5.72. The summed E-state index contributed by atoms with van der Waals surface area (Å²) in [7, 11) is 0. The van der Waals surface area contributed by atoms with Crippen LogP contribution >= 0.6 is 23.2 Å². The Kier molecular flexibility index (Phi) is 6.09. The lowest BCUT2D eigenvalue weighted by Gasteiger charge is -2.35. The van der Waals surface area contributed by atoms with E-state index in [9.17, 15) is 4.79 Å². The molecule has 34 heavy (non-hydrogen) atoms. The molecule has 3 aromatic carbocycles. The highest BCUT2D eigenvalue weighted by molar-refractivity contribution is 6.30. The van der Waals surface area contributed by atoms with Gasteiger partial charge in [0, 0.05) is 21.3 Å². The van der Waals surface area contributed by atoms with Gasteiger partial charge >= 0.3 is 6.03 Å². The van der Waals surface area contributed by atoms with Gasteiger partial charge in [-0.15, -0.1) is 0 Å². The molecule has 5 rings (SSSR count). The molecule has 170 valence electrons. The first-order valence-corrected chi connectivity index (χ1v) is 11.4.